The summed E-state index contributed by atoms with van der Waals surface area (Å²) in [6.07, 6.45) is 0.787. The normalized spacial score (nSPS) is 12.7. The Hall–Kier alpha value is -2.38. The van der Waals surface area contributed by atoms with Gasteiger partial charge in [-0.15, -0.1) is 11.3 Å². The van der Waals surface area contributed by atoms with Crippen molar-refractivity contribution in [3.63, 3.8) is 0 Å². The maximum absolute atomic E-state index is 12.7. The molecule has 136 valence electrons. The first-order valence-corrected chi connectivity index (χ1v) is 10.7. The van der Waals surface area contributed by atoms with Crippen molar-refractivity contribution in [2.24, 2.45) is 0 Å². The predicted octanol–water partition coefficient (Wildman–Crippen LogP) is 4.23. The van der Waals surface area contributed by atoms with Crippen LogP contribution in [0.2, 0.25) is 0 Å². The summed E-state index contributed by atoms with van der Waals surface area (Å²) in [5.41, 5.74) is 0.585. The topological polar surface area (TPSA) is 75.3 Å². The van der Waals surface area contributed by atoms with E-state index in [9.17, 15) is 13.2 Å². The minimum Gasteiger partial charge on any atom is -0.350 e. The van der Waals surface area contributed by atoms with Crippen molar-refractivity contribution >= 4 is 43.7 Å². The zero-order valence-corrected chi connectivity index (χ0v) is 16.2. The van der Waals surface area contributed by atoms with Crippen LogP contribution >= 0.6 is 11.3 Å². The van der Waals surface area contributed by atoms with Gasteiger partial charge < -0.3 is 5.32 Å². The molecule has 1 amide bonds. The van der Waals surface area contributed by atoms with Crippen LogP contribution in [-0.4, -0.2) is 20.4 Å². The average molecular weight is 389 g/mol. The second-order valence-corrected chi connectivity index (χ2v) is 8.92. The first kappa shape index (κ1) is 18.4. The quantitative estimate of drug-likeness (QED) is 0.663. The lowest BCUT2D eigenvalue weighted by molar-refractivity contribution is 0.0940. The van der Waals surface area contributed by atoms with E-state index < -0.39 is 10.0 Å². The Balaban J connectivity index is 2.07. The standard InChI is InChI=1S/C19H20N2O3S2/c1-3-13(2)20-19(22)16-11-14-7-4-5-8-15(14)12-17(16)21-26(23,24)18-9-6-10-25-18/h4-13,21H,3H2,1-2H3,(H,20,22). The second-order valence-electron chi connectivity index (χ2n) is 6.07. The summed E-state index contributed by atoms with van der Waals surface area (Å²) in [4.78, 5) is 12.7. The molecule has 1 atom stereocenters. The molecule has 3 aromatic rings. The fraction of sp³-hybridized carbons (Fsp3) is 0.211. The maximum Gasteiger partial charge on any atom is 0.271 e. The molecule has 3 rings (SSSR count). The molecule has 26 heavy (non-hydrogen) atoms. The van der Waals surface area contributed by atoms with Crippen molar-refractivity contribution in [1.82, 2.24) is 5.32 Å². The van der Waals surface area contributed by atoms with Crippen molar-refractivity contribution in [2.75, 3.05) is 4.72 Å². The molecule has 7 heteroatoms. The van der Waals surface area contributed by atoms with E-state index in [1.54, 1.807) is 23.6 Å². The molecule has 0 saturated carbocycles. The third-order valence-electron chi connectivity index (χ3n) is 4.12. The molecular formula is C19H20N2O3S2. The van der Waals surface area contributed by atoms with Gasteiger partial charge in [0.15, 0.2) is 0 Å². The summed E-state index contributed by atoms with van der Waals surface area (Å²) >= 11 is 1.13. The highest BCUT2D eigenvalue weighted by atomic mass is 32.2. The lowest BCUT2D eigenvalue weighted by Gasteiger charge is -2.16. The van der Waals surface area contributed by atoms with Crippen LogP contribution < -0.4 is 10.0 Å². The third kappa shape index (κ3) is 3.89. The van der Waals surface area contributed by atoms with Gasteiger partial charge in [0, 0.05) is 6.04 Å². The van der Waals surface area contributed by atoms with Gasteiger partial charge in [0.2, 0.25) is 0 Å². The summed E-state index contributed by atoms with van der Waals surface area (Å²) < 4.78 is 28.0. The molecule has 2 N–H and O–H groups in total. The van der Waals surface area contributed by atoms with Crippen LogP contribution in [0.1, 0.15) is 30.6 Å². The summed E-state index contributed by atoms with van der Waals surface area (Å²) in [5, 5.41) is 6.33. The van der Waals surface area contributed by atoms with E-state index >= 15 is 0 Å². The Morgan fingerprint density at radius 2 is 1.81 bits per heavy atom. The van der Waals surface area contributed by atoms with Crippen LogP contribution in [0.5, 0.6) is 0 Å². The first-order valence-electron chi connectivity index (χ1n) is 8.30. The van der Waals surface area contributed by atoms with Crippen molar-refractivity contribution < 1.29 is 13.2 Å². The Bertz CT molecular complexity index is 1030. The zero-order chi connectivity index (χ0) is 18.7. The number of rotatable bonds is 6. The monoisotopic (exact) mass is 388 g/mol. The van der Waals surface area contributed by atoms with E-state index in [1.807, 2.05) is 38.1 Å². The smallest absolute Gasteiger partial charge is 0.271 e. The van der Waals surface area contributed by atoms with Crippen LogP contribution in [0.15, 0.2) is 58.1 Å². The number of carbonyl (C=O) groups excluding carboxylic acids is 1. The highest BCUT2D eigenvalue weighted by Crippen LogP contribution is 2.27. The lowest BCUT2D eigenvalue weighted by Crippen LogP contribution is -2.32. The van der Waals surface area contributed by atoms with Crippen LogP contribution in [-0.2, 0) is 10.0 Å². The maximum atomic E-state index is 12.7. The highest BCUT2D eigenvalue weighted by Gasteiger charge is 2.21. The fourth-order valence-electron chi connectivity index (χ4n) is 2.53. The molecule has 1 aromatic heterocycles. The number of fused-ring (bicyclic) bond motifs is 1. The Morgan fingerprint density at radius 3 is 2.42 bits per heavy atom. The van der Waals surface area contributed by atoms with Gasteiger partial charge in [-0.1, -0.05) is 37.3 Å². The molecule has 1 unspecified atom stereocenters. The molecule has 0 aliphatic heterocycles. The van der Waals surface area contributed by atoms with E-state index in [4.69, 9.17) is 0 Å². The van der Waals surface area contributed by atoms with Crippen LogP contribution in [0.4, 0.5) is 5.69 Å². The van der Waals surface area contributed by atoms with Gasteiger partial charge in [-0.25, -0.2) is 8.42 Å². The van der Waals surface area contributed by atoms with Crippen molar-refractivity contribution in [2.45, 2.75) is 30.5 Å². The van der Waals surface area contributed by atoms with Gasteiger partial charge in [0.1, 0.15) is 4.21 Å². The Kier molecular flexibility index (Phi) is 5.29. The van der Waals surface area contributed by atoms with E-state index in [0.29, 0.717) is 5.56 Å². The van der Waals surface area contributed by atoms with Crippen LogP contribution in [0.25, 0.3) is 10.8 Å². The Morgan fingerprint density at radius 1 is 1.12 bits per heavy atom. The number of nitrogens with one attached hydrogen (secondary N) is 2. The van der Waals surface area contributed by atoms with Crippen molar-refractivity contribution in [3.8, 4) is 0 Å². The number of amides is 1. The van der Waals surface area contributed by atoms with Gasteiger partial charge in [0.05, 0.1) is 11.3 Å². The molecule has 2 aromatic carbocycles. The molecule has 0 aliphatic rings. The number of anilines is 1. The molecular weight excluding hydrogens is 368 g/mol. The minimum absolute atomic E-state index is 0.00396. The van der Waals surface area contributed by atoms with Gasteiger partial charge in [-0.3, -0.25) is 9.52 Å². The molecule has 5 nitrogen and oxygen atoms in total. The van der Waals surface area contributed by atoms with E-state index in [0.717, 1.165) is 28.5 Å². The number of hydrogen-bond acceptors (Lipinski definition) is 4. The number of thiophene rings is 1. The van der Waals surface area contributed by atoms with E-state index in [-0.39, 0.29) is 21.8 Å². The third-order valence-corrected chi connectivity index (χ3v) is 6.89. The average Bonchev–Trinajstić information content (AvgIpc) is 3.16. The second kappa shape index (κ2) is 7.47. The first-order chi connectivity index (χ1) is 12.4. The number of sulfonamides is 1. The SMILES string of the molecule is CCC(C)NC(=O)c1cc2ccccc2cc1NS(=O)(=O)c1cccs1. The van der Waals surface area contributed by atoms with Gasteiger partial charge in [-0.2, -0.15) is 0 Å². The minimum atomic E-state index is -3.74. The van der Waals surface area contributed by atoms with E-state index in [2.05, 4.69) is 10.0 Å². The highest BCUT2D eigenvalue weighted by molar-refractivity contribution is 7.94. The van der Waals surface area contributed by atoms with Crippen molar-refractivity contribution in [3.05, 3.63) is 59.5 Å². The summed E-state index contributed by atoms with van der Waals surface area (Å²) in [7, 11) is -3.74. The van der Waals surface area contributed by atoms with Gasteiger partial charge >= 0.3 is 0 Å². The molecule has 0 saturated heterocycles. The molecule has 0 aliphatic carbocycles. The number of carbonyl (C=O) groups is 1. The molecule has 0 bridgehead atoms. The molecule has 0 spiro atoms. The number of benzene rings is 2. The molecule has 0 radical (unpaired) electrons. The predicted molar refractivity (Wildman–Crippen MR) is 106 cm³/mol. The Labute approximate surface area is 157 Å². The van der Waals surface area contributed by atoms with Crippen molar-refractivity contribution in [1.29, 1.82) is 0 Å². The summed E-state index contributed by atoms with van der Waals surface area (Å²) in [6, 6.07) is 14.2. The molecule has 1 heterocycles. The van der Waals surface area contributed by atoms with Crippen LogP contribution in [0, 0.1) is 0 Å². The largest absolute Gasteiger partial charge is 0.350 e. The molecule has 0 fully saturated rings. The summed E-state index contributed by atoms with van der Waals surface area (Å²) in [5.74, 6) is -0.297. The van der Waals surface area contributed by atoms with Gasteiger partial charge in [-0.05, 0) is 47.7 Å². The van der Waals surface area contributed by atoms with E-state index in [1.165, 1.54) is 6.07 Å². The van der Waals surface area contributed by atoms with Gasteiger partial charge in [0.25, 0.3) is 15.9 Å². The van der Waals surface area contributed by atoms with Crippen LogP contribution in [0.3, 0.4) is 0 Å². The lowest BCUT2D eigenvalue weighted by atomic mass is 10.0. The number of hydrogen-bond donors (Lipinski definition) is 2. The zero-order valence-electron chi connectivity index (χ0n) is 14.5. The summed E-state index contributed by atoms with van der Waals surface area (Å²) in [6.45, 7) is 3.89. The fourth-order valence-corrected chi connectivity index (χ4v) is 4.59.